The van der Waals surface area contributed by atoms with Crippen molar-refractivity contribution in [2.24, 2.45) is 5.92 Å². The normalized spacial score (nSPS) is 20.0. The van der Waals surface area contributed by atoms with E-state index in [-0.39, 0.29) is 19.2 Å². The second kappa shape index (κ2) is 6.58. The number of carboxylic acid groups (broad SMARTS) is 1. The Morgan fingerprint density at radius 1 is 1.50 bits per heavy atom. The molecule has 1 rings (SSSR count). The van der Waals surface area contributed by atoms with Gasteiger partial charge in [-0.3, -0.25) is 0 Å². The molecule has 18 heavy (non-hydrogen) atoms. The molecule has 0 bridgehead atoms. The first-order valence-electron chi connectivity index (χ1n) is 6.26. The zero-order valence-corrected chi connectivity index (χ0v) is 11.3. The Balaban J connectivity index is 2.47. The smallest absolute Gasteiger partial charge is 0.334 e. The van der Waals surface area contributed by atoms with Gasteiger partial charge in [0.1, 0.15) is 0 Å². The number of urea groups is 1. The summed E-state index contributed by atoms with van der Waals surface area (Å²) in [6.07, 6.45) is 0.0378. The standard InChI is InChI=1S/C12H22N2O4/c1-9(2)4-5-13(3)12(17)14-6-7-18-10(8-14)11(15)16/h9-10H,4-8H2,1-3H3,(H,15,16). The van der Waals surface area contributed by atoms with Gasteiger partial charge in [-0.25, -0.2) is 9.59 Å². The maximum Gasteiger partial charge on any atom is 0.334 e. The molecule has 1 saturated heterocycles. The SMILES string of the molecule is CC(C)CCN(C)C(=O)N1CCOC(C(=O)O)C1. The summed E-state index contributed by atoms with van der Waals surface area (Å²) < 4.78 is 5.09. The number of rotatable bonds is 4. The van der Waals surface area contributed by atoms with Gasteiger partial charge in [-0.1, -0.05) is 13.8 Å². The van der Waals surface area contributed by atoms with Gasteiger partial charge >= 0.3 is 12.0 Å². The highest BCUT2D eigenvalue weighted by Gasteiger charge is 2.30. The number of morpholine rings is 1. The lowest BCUT2D eigenvalue weighted by molar-refractivity contribution is -0.154. The number of hydrogen-bond donors (Lipinski definition) is 1. The fraction of sp³-hybridized carbons (Fsp3) is 0.833. The molecule has 6 nitrogen and oxygen atoms in total. The van der Waals surface area contributed by atoms with E-state index >= 15 is 0 Å². The van der Waals surface area contributed by atoms with Crippen molar-refractivity contribution in [3.05, 3.63) is 0 Å². The van der Waals surface area contributed by atoms with Crippen LogP contribution in [-0.4, -0.2) is 66.3 Å². The summed E-state index contributed by atoms with van der Waals surface area (Å²) >= 11 is 0. The summed E-state index contributed by atoms with van der Waals surface area (Å²) in [5.41, 5.74) is 0. The second-order valence-electron chi connectivity index (χ2n) is 5.03. The molecule has 1 N–H and O–H groups in total. The zero-order valence-electron chi connectivity index (χ0n) is 11.3. The first-order chi connectivity index (χ1) is 8.41. The van der Waals surface area contributed by atoms with E-state index in [1.165, 1.54) is 0 Å². The lowest BCUT2D eigenvalue weighted by atomic mass is 10.1. The molecule has 2 amide bonds. The summed E-state index contributed by atoms with van der Waals surface area (Å²) in [4.78, 5) is 26.1. The van der Waals surface area contributed by atoms with Crippen LogP contribution >= 0.6 is 0 Å². The van der Waals surface area contributed by atoms with Crippen molar-refractivity contribution >= 4 is 12.0 Å². The molecule has 1 heterocycles. The van der Waals surface area contributed by atoms with Crippen LogP contribution < -0.4 is 0 Å². The zero-order chi connectivity index (χ0) is 13.7. The molecule has 1 unspecified atom stereocenters. The van der Waals surface area contributed by atoms with Crippen LogP contribution in [0.15, 0.2) is 0 Å². The fourth-order valence-corrected chi connectivity index (χ4v) is 1.76. The Labute approximate surface area is 107 Å². The average Bonchev–Trinajstić information content (AvgIpc) is 2.35. The van der Waals surface area contributed by atoms with E-state index < -0.39 is 12.1 Å². The third kappa shape index (κ3) is 4.18. The van der Waals surface area contributed by atoms with Crippen LogP contribution in [0.5, 0.6) is 0 Å². The van der Waals surface area contributed by atoms with Crippen LogP contribution in [-0.2, 0) is 9.53 Å². The Kier molecular flexibility index (Phi) is 5.40. The third-order valence-electron chi connectivity index (χ3n) is 2.98. The van der Waals surface area contributed by atoms with Crippen LogP contribution in [0.2, 0.25) is 0 Å². The molecular formula is C12H22N2O4. The number of ether oxygens (including phenoxy) is 1. The minimum atomic E-state index is -1.02. The molecular weight excluding hydrogens is 236 g/mol. The quantitative estimate of drug-likeness (QED) is 0.812. The highest BCUT2D eigenvalue weighted by Crippen LogP contribution is 2.09. The number of carbonyl (C=O) groups is 2. The molecule has 0 radical (unpaired) electrons. The summed E-state index contributed by atoms with van der Waals surface area (Å²) in [6, 6.07) is -0.120. The molecule has 0 spiro atoms. The van der Waals surface area contributed by atoms with Gasteiger partial charge in [-0.2, -0.15) is 0 Å². The van der Waals surface area contributed by atoms with Gasteiger partial charge in [-0.15, -0.1) is 0 Å². The Morgan fingerprint density at radius 3 is 2.72 bits per heavy atom. The van der Waals surface area contributed by atoms with Crippen molar-refractivity contribution in [2.45, 2.75) is 26.4 Å². The van der Waals surface area contributed by atoms with Crippen LogP contribution in [0, 0.1) is 5.92 Å². The molecule has 0 aliphatic carbocycles. The maximum absolute atomic E-state index is 12.1. The minimum Gasteiger partial charge on any atom is -0.479 e. The van der Waals surface area contributed by atoms with Crippen molar-refractivity contribution in [2.75, 3.05) is 33.3 Å². The van der Waals surface area contributed by atoms with E-state index in [0.717, 1.165) is 6.42 Å². The summed E-state index contributed by atoms with van der Waals surface area (Å²) in [5, 5.41) is 8.88. The van der Waals surface area contributed by atoms with Gasteiger partial charge in [-0.05, 0) is 12.3 Å². The molecule has 1 aliphatic rings. The van der Waals surface area contributed by atoms with Crippen molar-refractivity contribution in [1.82, 2.24) is 9.80 Å². The number of carbonyl (C=O) groups excluding carboxylic acids is 1. The predicted molar refractivity (Wildman–Crippen MR) is 66.4 cm³/mol. The second-order valence-corrected chi connectivity index (χ2v) is 5.03. The lowest BCUT2D eigenvalue weighted by Gasteiger charge is -2.34. The third-order valence-corrected chi connectivity index (χ3v) is 2.98. The van der Waals surface area contributed by atoms with Crippen molar-refractivity contribution in [3.8, 4) is 0 Å². The van der Waals surface area contributed by atoms with E-state index in [9.17, 15) is 9.59 Å². The Hall–Kier alpha value is -1.30. The van der Waals surface area contributed by atoms with Crippen LogP contribution in [0.1, 0.15) is 20.3 Å². The molecule has 1 fully saturated rings. The topological polar surface area (TPSA) is 70.1 Å². The van der Waals surface area contributed by atoms with Crippen molar-refractivity contribution in [3.63, 3.8) is 0 Å². The van der Waals surface area contributed by atoms with E-state index in [4.69, 9.17) is 9.84 Å². The minimum absolute atomic E-state index is 0.120. The van der Waals surface area contributed by atoms with Crippen LogP contribution in [0.25, 0.3) is 0 Å². The molecule has 0 saturated carbocycles. The largest absolute Gasteiger partial charge is 0.479 e. The van der Waals surface area contributed by atoms with Gasteiger partial charge in [0, 0.05) is 20.1 Å². The molecule has 0 aromatic heterocycles. The number of hydrogen-bond acceptors (Lipinski definition) is 3. The van der Waals surface area contributed by atoms with Gasteiger partial charge < -0.3 is 19.6 Å². The van der Waals surface area contributed by atoms with E-state index in [1.54, 1.807) is 16.8 Å². The molecule has 1 atom stereocenters. The first-order valence-corrected chi connectivity index (χ1v) is 6.26. The average molecular weight is 258 g/mol. The van der Waals surface area contributed by atoms with Gasteiger partial charge in [0.2, 0.25) is 0 Å². The van der Waals surface area contributed by atoms with E-state index in [0.29, 0.717) is 19.0 Å². The van der Waals surface area contributed by atoms with Crippen LogP contribution in [0.3, 0.4) is 0 Å². The number of aliphatic carboxylic acids is 1. The van der Waals surface area contributed by atoms with Crippen LogP contribution in [0.4, 0.5) is 4.79 Å². The maximum atomic E-state index is 12.1. The van der Waals surface area contributed by atoms with Gasteiger partial charge in [0.05, 0.1) is 13.2 Å². The number of amides is 2. The Bertz CT molecular complexity index is 306. The molecule has 104 valence electrons. The van der Waals surface area contributed by atoms with E-state index in [2.05, 4.69) is 13.8 Å². The van der Waals surface area contributed by atoms with Gasteiger partial charge in [0.15, 0.2) is 6.10 Å². The number of nitrogens with zero attached hydrogens (tertiary/aromatic N) is 2. The highest BCUT2D eigenvalue weighted by atomic mass is 16.5. The van der Waals surface area contributed by atoms with Crippen molar-refractivity contribution < 1.29 is 19.4 Å². The van der Waals surface area contributed by atoms with E-state index in [1.807, 2.05) is 0 Å². The number of carboxylic acids is 1. The Morgan fingerprint density at radius 2 is 2.17 bits per heavy atom. The summed E-state index contributed by atoms with van der Waals surface area (Å²) in [6.45, 7) is 5.75. The first kappa shape index (κ1) is 14.8. The highest BCUT2D eigenvalue weighted by molar-refractivity contribution is 5.77. The molecule has 0 aromatic carbocycles. The summed E-state index contributed by atoms with van der Waals surface area (Å²) in [5.74, 6) is -0.478. The molecule has 0 aromatic rings. The summed E-state index contributed by atoms with van der Waals surface area (Å²) in [7, 11) is 1.75. The lowest BCUT2D eigenvalue weighted by Crippen LogP contribution is -2.52. The fourth-order valence-electron chi connectivity index (χ4n) is 1.76. The van der Waals surface area contributed by atoms with Gasteiger partial charge in [0.25, 0.3) is 0 Å². The predicted octanol–water partition coefficient (Wildman–Crippen LogP) is 0.870. The van der Waals surface area contributed by atoms with Crippen molar-refractivity contribution in [1.29, 1.82) is 0 Å². The molecule has 6 heteroatoms. The monoisotopic (exact) mass is 258 g/mol. The molecule has 1 aliphatic heterocycles.